The quantitative estimate of drug-likeness (QED) is 0.610. The summed E-state index contributed by atoms with van der Waals surface area (Å²) in [6, 6.07) is 7.14. The molecule has 1 N–H and O–H groups in total. The third kappa shape index (κ3) is 3.09. The van der Waals surface area contributed by atoms with E-state index in [0.29, 0.717) is 12.1 Å². The fraction of sp³-hybridized carbons (Fsp3) is 0.200. The lowest BCUT2D eigenvalue weighted by Crippen LogP contribution is -2.08. The number of hydrogen-bond donors (Lipinski definition) is 1. The lowest BCUT2D eigenvalue weighted by Gasteiger charge is -2.02. The smallest absolute Gasteiger partial charge is 0.224 e. The highest BCUT2D eigenvalue weighted by atomic mass is 32.1. The number of amides is 1. The van der Waals surface area contributed by atoms with Crippen LogP contribution in [0.2, 0.25) is 0 Å². The summed E-state index contributed by atoms with van der Waals surface area (Å²) in [6.45, 7) is 1.80. The van der Waals surface area contributed by atoms with Crippen LogP contribution in [0, 0.1) is 0 Å². The molecule has 1 amide bonds. The van der Waals surface area contributed by atoms with Crippen molar-refractivity contribution in [2.75, 3.05) is 5.32 Å². The number of anilines is 1. The van der Waals surface area contributed by atoms with Crippen LogP contribution in [0.25, 0.3) is 0 Å². The predicted octanol–water partition coefficient (Wildman–Crippen LogP) is 2.77. The van der Waals surface area contributed by atoms with Crippen molar-refractivity contribution < 1.29 is 4.79 Å². The number of benzene rings is 1. The standard InChI is InChI=1S/C10H10N2OS/c1-2-10(13)12-9-5-3-4-8(6-9)11-7-14/h3-6H,2H2,1H3,(H,12,13). The van der Waals surface area contributed by atoms with E-state index in [-0.39, 0.29) is 5.91 Å². The van der Waals surface area contributed by atoms with Crippen molar-refractivity contribution >= 4 is 34.7 Å². The number of hydrogen-bond acceptors (Lipinski definition) is 3. The fourth-order valence-corrected chi connectivity index (χ4v) is 1.06. The molecule has 0 spiro atoms. The molecule has 1 aromatic rings. The van der Waals surface area contributed by atoms with Crippen molar-refractivity contribution in [3.05, 3.63) is 24.3 Å². The normalized spacial score (nSPS) is 8.93. The first-order chi connectivity index (χ1) is 6.76. The van der Waals surface area contributed by atoms with Gasteiger partial charge in [-0.3, -0.25) is 4.79 Å². The van der Waals surface area contributed by atoms with Gasteiger partial charge in [0.1, 0.15) is 0 Å². The number of thiocarbonyl (C=S) groups is 1. The van der Waals surface area contributed by atoms with E-state index in [2.05, 4.69) is 27.7 Å². The maximum atomic E-state index is 11.1. The van der Waals surface area contributed by atoms with Crippen molar-refractivity contribution in [1.29, 1.82) is 0 Å². The summed E-state index contributed by atoms with van der Waals surface area (Å²) in [5.41, 5.74) is 1.41. The zero-order valence-corrected chi connectivity index (χ0v) is 8.60. The van der Waals surface area contributed by atoms with E-state index in [1.54, 1.807) is 31.2 Å². The Labute approximate surface area is 87.9 Å². The van der Waals surface area contributed by atoms with Crippen molar-refractivity contribution in [2.24, 2.45) is 4.99 Å². The molecule has 14 heavy (non-hydrogen) atoms. The minimum atomic E-state index is -0.0199. The highest BCUT2D eigenvalue weighted by Gasteiger charge is 1.98. The number of rotatable bonds is 3. The van der Waals surface area contributed by atoms with Crippen LogP contribution in [0.5, 0.6) is 0 Å². The Kier molecular flexibility index (Phi) is 3.98. The molecule has 4 heteroatoms. The molecule has 0 aliphatic carbocycles. The second kappa shape index (κ2) is 5.27. The Morgan fingerprint density at radius 1 is 1.64 bits per heavy atom. The third-order valence-electron chi connectivity index (χ3n) is 1.63. The molecule has 0 heterocycles. The fourth-order valence-electron chi connectivity index (χ4n) is 0.955. The maximum absolute atomic E-state index is 11.1. The highest BCUT2D eigenvalue weighted by Crippen LogP contribution is 2.17. The molecular weight excluding hydrogens is 196 g/mol. The van der Waals surface area contributed by atoms with E-state index < -0.39 is 0 Å². The van der Waals surface area contributed by atoms with Gasteiger partial charge in [0.2, 0.25) is 5.91 Å². The number of carbonyl (C=O) groups is 1. The van der Waals surface area contributed by atoms with Crippen LogP contribution in [-0.2, 0) is 4.79 Å². The lowest BCUT2D eigenvalue weighted by molar-refractivity contribution is -0.115. The summed E-state index contributed by atoms with van der Waals surface area (Å²) < 4.78 is 0. The van der Waals surface area contributed by atoms with Crippen LogP contribution < -0.4 is 5.32 Å². The average molecular weight is 206 g/mol. The van der Waals surface area contributed by atoms with E-state index in [1.807, 2.05) is 0 Å². The topological polar surface area (TPSA) is 41.5 Å². The van der Waals surface area contributed by atoms with Crippen molar-refractivity contribution in [3.63, 3.8) is 0 Å². The van der Waals surface area contributed by atoms with Gasteiger partial charge in [-0.05, 0) is 30.4 Å². The zero-order valence-electron chi connectivity index (χ0n) is 7.78. The van der Waals surface area contributed by atoms with Crippen molar-refractivity contribution in [2.45, 2.75) is 13.3 Å². The van der Waals surface area contributed by atoms with Gasteiger partial charge < -0.3 is 5.32 Å². The number of nitrogens with one attached hydrogen (secondary N) is 1. The summed E-state index contributed by atoms with van der Waals surface area (Å²) in [6.07, 6.45) is 0.459. The van der Waals surface area contributed by atoms with E-state index in [9.17, 15) is 4.79 Å². The monoisotopic (exact) mass is 206 g/mol. The van der Waals surface area contributed by atoms with Crippen molar-refractivity contribution in [3.8, 4) is 0 Å². The Hall–Kier alpha value is -1.51. The third-order valence-corrected chi connectivity index (χ3v) is 1.72. The minimum absolute atomic E-state index is 0.0199. The molecule has 0 saturated carbocycles. The number of aliphatic imine (C=N–C) groups is 1. The van der Waals surface area contributed by atoms with Gasteiger partial charge in [0.15, 0.2) is 0 Å². The van der Waals surface area contributed by atoms with Crippen LogP contribution in [0.15, 0.2) is 29.3 Å². The molecule has 1 aromatic carbocycles. The molecule has 0 aliphatic heterocycles. The van der Waals surface area contributed by atoms with Crippen molar-refractivity contribution in [1.82, 2.24) is 0 Å². The molecule has 0 radical (unpaired) electrons. The highest BCUT2D eigenvalue weighted by molar-refractivity contribution is 7.78. The minimum Gasteiger partial charge on any atom is -0.326 e. The molecular formula is C10H10N2OS. The number of nitrogens with zero attached hydrogens (tertiary/aromatic N) is 1. The summed E-state index contributed by atoms with van der Waals surface area (Å²) in [4.78, 5) is 14.9. The van der Waals surface area contributed by atoms with E-state index >= 15 is 0 Å². The second-order valence-electron chi connectivity index (χ2n) is 2.66. The second-order valence-corrected chi connectivity index (χ2v) is 2.84. The molecule has 0 unspecified atom stereocenters. The first kappa shape index (κ1) is 10.6. The molecule has 0 atom stereocenters. The van der Waals surface area contributed by atoms with Gasteiger partial charge in [-0.15, -0.1) is 0 Å². The molecule has 0 saturated heterocycles. The SMILES string of the molecule is CCC(=O)Nc1cccc(N=C=S)c1. The summed E-state index contributed by atoms with van der Waals surface area (Å²) in [7, 11) is 0. The number of isothiocyanates is 1. The van der Waals surface area contributed by atoms with Crippen LogP contribution in [0.3, 0.4) is 0 Å². The summed E-state index contributed by atoms with van der Waals surface area (Å²) >= 11 is 4.48. The van der Waals surface area contributed by atoms with Gasteiger partial charge >= 0.3 is 0 Å². The largest absolute Gasteiger partial charge is 0.326 e. The first-order valence-electron chi connectivity index (χ1n) is 4.24. The predicted molar refractivity (Wildman–Crippen MR) is 60.0 cm³/mol. The number of carbonyl (C=O) groups excluding carboxylic acids is 1. The Morgan fingerprint density at radius 3 is 3.07 bits per heavy atom. The van der Waals surface area contributed by atoms with Gasteiger partial charge in [0.25, 0.3) is 0 Å². The first-order valence-corrected chi connectivity index (χ1v) is 4.65. The molecule has 72 valence electrons. The summed E-state index contributed by atoms with van der Waals surface area (Å²) in [5, 5.41) is 5.00. The van der Waals surface area contributed by atoms with Gasteiger partial charge in [-0.2, -0.15) is 4.99 Å². The maximum Gasteiger partial charge on any atom is 0.224 e. The zero-order chi connectivity index (χ0) is 10.4. The van der Waals surface area contributed by atoms with Gasteiger partial charge in [-0.25, -0.2) is 0 Å². The lowest BCUT2D eigenvalue weighted by atomic mass is 10.3. The molecule has 3 nitrogen and oxygen atoms in total. The van der Waals surface area contributed by atoms with Crippen LogP contribution in [-0.4, -0.2) is 11.1 Å². The molecule has 0 aliphatic rings. The van der Waals surface area contributed by atoms with Gasteiger partial charge in [-0.1, -0.05) is 13.0 Å². The van der Waals surface area contributed by atoms with Crippen LogP contribution in [0.4, 0.5) is 11.4 Å². The van der Waals surface area contributed by atoms with Crippen LogP contribution in [0.1, 0.15) is 13.3 Å². The van der Waals surface area contributed by atoms with Crippen LogP contribution >= 0.6 is 12.2 Å². The molecule has 0 aromatic heterocycles. The summed E-state index contributed by atoms with van der Waals surface area (Å²) in [5.74, 6) is -0.0199. The average Bonchev–Trinajstić information content (AvgIpc) is 2.19. The van der Waals surface area contributed by atoms with E-state index in [1.165, 1.54) is 0 Å². The Morgan fingerprint density at radius 2 is 2.43 bits per heavy atom. The van der Waals surface area contributed by atoms with Gasteiger partial charge in [0, 0.05) is 12.1 Å². The van der Waals surface area contributed by atoms with E-state index in [4.69, 9.17) is 0 Å². The van der Waals surface area contributed by atoms with E-state index in [0.717, 1.165) is 5.69 Å². The molecule has 0 fully saturated rings. The molecule has 0 bridgehead atoms. The Bertz CT molecular complexity index is 383. The molecule has 1 rings (SSSR count). The van der Waals surface area contributed by atoms with Gasteiger partial charge in [0.05, 0.1) is 10.8 Å². The Balaban J connectivity index is 2.83.